The number of ether oxygens (including phenoxy) is 1. The number of aryl methyl sites for hydroxylation is 1. The maximum Gasteiger partial charge on any atom is 0.248 e. The molecule has 2 atom stereocenters. The predicted octanol–water partition coefficient (Wildman–Crippen LogP) is 2.27. The number of nitrogens with two attached hydrogens (primary N) is 2. The van der Waals surface area contributed by atoms with Crippen molar-refractivity contribution in [3.63, 3.8) is 0 Å². The van der Waals surface area contributed by atoms with Gasteiger partial charge in [-0.15, -0.1) is 0 Å². The van der Waals surface area contributed by atoms with Crippen LogP contribution in [0.2, 0.25) is 0 Å². The smallest absolute Gasteiger partial charge is 0.248 e. The first-order valence-corrected chi connectivity index (χ1v) is 7.34. The van der Waals surface area contributed by atoms with Gasteiger partial charge < -0.3 is 16.2 Å². The lowest BCUT2D eigenvalue weighted by atomic mass is 10.0. The van der Waals surface area contributed by atoms with E-state index in [-0.39, 0.29) is 12.1 Å². The highest BCUT2D eigenvalue weighted by atomic mass is 16.5. The molecule has 0 heterocycles. The van der Waals surface area contributed by atoms with E-state index >= 15 is 0 Å². The Morgan fingerprint density at radius 2 is 2.05 bits per heavy atom. The fraction of sp³-hybridized carbons (Fsp3) is 0.562. The zero-order valence-corrected chi connectivity index (χ0v) is 12.1. The Labute approximate surface area is 120 Å². The summed E-state index contributed by atoms with van der Waals surface area (Å²) < 4.78 is 6.00. The van der Waals surface area contributed by atoms with Crippen LogP contribution in [0, 0.1) is 6.92 Å². The van der Waals surface area contributed by atoms with E-state index in [1.807, 2.05) is 19.1 Å². The van der Waals surface area contributed by atoms with Crippen molar-refractivity contribution in [1.82, 2.24) is 0 Å². The average Bonchev–Trinajstić information content (AvgIpc) is 2.62. The van der Waals surface area contributed by atoms with E-state index in [1.165, 1.54) is 19.3 Å². The van der Waals surface area contributed by atoms with Gasteiger partial charge in [0.25, 0.3) is 0 Å². The van der Waals surface area contributed by atoms with Crippen molar-refractivity contribution in [3.05, 3.63) is 34.9 Å². The molecule has 1 aliphatic carbocycles. The minimum Gasteiger partial charge on any atom is -0.372 e. The van der Waals surface area contributed by atoms with Crippen molar-refractivity contribution in [1.29, 1.82) is 0 Å². The molecule has 1 aromatic carbocycles. The van der Waals surface area contributed by atoms with Gasteiger partial charge in [-0.2, -0.15) is 0 Å². The molecule has 0 aliphatic heterocycles. The summed E-state index contributed by atoms with van der Waals surface area (Å²) in [5.74, 6) is -0.397. The Morgan fingerprint density at radius 1 is 1.30 bits per heavy atom. The summed E-state index contributed by atoms with van der Waals surface area (Å²) in [6, 6.07) is 5.62. The first kappa shape index (κ1) is 15.0. The molecule has 4 nitrogen and oxygen atoms in total. The van der Waals surface area contributed by atoms with Gasteiger partial charge in [-0.25, -0.2) is 0 Å². The van der Waals surface area contributed by atoms with Crippen LogP contribution in [0.25, 0.3) is 0 Å². The van der Waals surface area contributed by atoms with Gasteiger partial charge in [-0.1, -0.05) is 25.3 Å². The number of benzene rings is 1. The third-order valence-electron chi connectivity index (χ3n) is 4.08. The van der Waals surface area contributed by atoms with Gasteiger partial charge in [0, 0.05) is 11.6 Å². The van der Waals surface area contributed by atoms with Gasteiger partial charge in [0.15, 0.2) is 0 Å². The zero-order chi connectivity index (χ0) is 14.5. The highest BCUT2D eigenvalue weighted by molar-refractivity contribution is 5.93. The molecule has 20 heavy (non-hydrogen) atoms. The number of primary amides is 1. The molecule has 0 aromatic heterocycles. The van der Waals surface area contributed by atoms with Crippen LogP contribution in [-0.4, -0.2) is 18.1 Å². The standard InChI is InChI=1S/C16H24N2O2/c1-11-9-12(16(18)19)7-8-13(11)10-20-15-6-4-2-3-5-14(15)17/h7-9,14-15H,2-6,10,17H2,1H3,(H2,18,19). The maximum atomic E-state index is 11.1. The molecule has 0 saturated heterocycles. The third kappa shape index (κ3) is 3.81. The summed E-state index contributed by atoms with van der Waals surface area (Å²) in [5.41, 5.74) is 14.1. The third-order valence-corrected chi connectivity index (χ3v) is 4.08. The molecule has 110 valence electrons. The number of hydrogen-bond donors (Lipinski definition) is 2. The summed E-state index contributed by atoms with van der Waals surface area (Å²) in [6.07, 6.45) is 5.88. The second-order valence-electron chi connectivity index (χ2n) is 5.66. The van der Waals surface area contributed by atoms with E-state index < -0.39 is 5.91 Å². The number of carbonyl (C=O) groups is 1. The molecule has 2 rings (SSSR count). The van der Waals surface area contributed by atoms with E-state index in [9.17, 15) is 4.79 Å². The lowest BCUT2D eigenvalue weighted by molar-refractivity contribution is 0.0192. The molecule has 0 radical (unpaired) electrons. The molecule has 1 aliphatic rings. The molecular weight excluding hydrogens is 252 g/mol. The molecule has 1 fully saturated rings. The van der Waals surface area contributed by atoms with Crippen LogP contribution in [0.5, 0.6) is 0 Å². The Kier molecular flexibility index (Phi) is 5.15. The van der Waals surface area contributed by atoms with Crippen LogP contribution in [0.15, 0.2) is 18.2 Å². The largest absolute Gasteiger partial charge is 0.372 e. The predicted molar refractivity (Wildman–Crippen MR) is 79.3 cm³/mol. The molecule has 4 heteroatoms. The monoisotopic (exact) mass is 276 g/mol. The van der Waals surface area contributed by atoms with E-state index in [1.54, 1.807) is 6.07 Å². The highest BCUT2D eigenvalue weighted by Crippen LogP contribution is 2.21. The summed E-state index contributed by atoms with van der Waals surface area (Å²) >= 11 is 0. The van der Waals surface area contributed by atoms with Crippen molar-refractivity contribution in [2.75, 3.05) is 0 Å². The number of amides is 1. The fourth-order valence-corrected chi connectivity index (χ4v) is 2.72. The quantitative estimate of drug-likeness (QED) is 0.828. The maximum absolute atomic E-state index is 11.1. The van der Waals surface area contributed by atoms with Gasteiger partial charge in [-0.05, 0) is 43.0 Å². The Morgan fingerprint density at radius 3 is 2.75 bits per heavy atom. The first-order chi connectivity index (χ1) is 9.58. The first-order valence-electron chi connectivity index (χ1n) is 7.34. The van der Waals surface area contributed by atoms with Crippen molar-refractivity contribution in [2.45, 2.75) is 57.8 Å². The van der Waals surface area contributed by atoms with E-state index in [2.05, 4.69) is 0 Å². The Hall–Kier alpha value is -1.39. The topological polar surface area (TPSA) is 78.3 Å². The fourth-order valence-electron chi connectivity index (χ4n) is 2.72. The lowest BCUT2D eigenvalue weighted by Crippen LogP contribution is -2.35. The number of hydrogen-bond acceptors (Lipinski definition) is 3. The van der Waals surface area contributed by atoms with Crippen LogP contribution in [0.1, 0.15) is 53.6 Å². The molecular formula is C16H24N2O2. The summed E-state index contributed by atoms with van der Waals surface area (Å²) in [6.45, 7) is 2.52. The highest BCUT2D eigenvalue weighted by Gasteiger charge is 2.21. The van der Waals surface area contributed by atoms with Crippen LogP contribution >= 0.6 is 0 Å². The van der Waals surface area contributed by atoms with Crippen LogP contribution < -0.4 is 11.5 Å². The Bertz CT molecular complexity index is 474. The van der Waals surface area contributed by atoms with Gasteiger partial charge in [-0.3, -0.25) is 4.79 Å². The molecule has 2 unspecified atom stereocenters. The van der Waals surface area contributed by atoms with Gasteiger partial charge in [0.1, 0.15) is 0 Å². The minimum absolute atomic E-state index is 0.141. The van der Waals surface area contributed by atoms with Gasteiger partial charge in [0.2, 0.25) is 5.91 Å². The Balaban J connectivity index is 1.97. The second-order valence-corrected chi connectivity index (χ2v) is 5.66. The molecule has 4 N–H and O–H groups in total. The number of carbonyl (C=O) groups excluding carboxylic acids is 1. The van der Waals surface area contributed by atoms with Gasteiger partial charge in [0.05, 0.1) is 12.7 Å². The normalized spacial score (nSPS) is 23.3. The van der Waals surface area contributed by atoms with E-state index in [0.29, 0.717) is 12.2 Å². The van der Waals surface area contributed by atoms with Crippen LogP contribution in [0.3, 0.4) is 0 Å². The van der Waals surface area contributed by atoms with Crippen LogP contribution in [0.4, 0.5) is 0 Å². The second kappa shape index (κ2) is 6.86. The van der Waals surface area contributed by atoms with Crippen molar-refractivity contribution < 1.29 is 9.53 Å². The van der Waals surface area contributed by atoms with Crippen molar-refractivity contribution in [2.24, 2.45) is 11.5 Å². The summed E-state index contributed by atoms with van der Waals surface area (Å²) in [4.78, 5) is 11.1. The molecule has 1 saturated carbocycles. The average molecular weight is 276 g/mol. The van der Waals surface area contributed by atoms with E-state index in [0.717, 1.165) is 24.0 Å². The minimum atomic E-state index is -0.397. The zero-order valence-electron chi connectivity index (χ0n) is 12.1. The van der Waals surface area contributed by atoms with Crippen LogP contribution in [-0.2, 0) is 11.3 Å². The number of rotatable bonds is 4. The van der Waals surface area contributed by atoms with Gasteiger partial charge >= 0.3 is 0 Å². The summed E-state index contributed by atoms with van der Waals surface area (Å²) in [5, 5.41) is 0. The molecule has 1 amide bonds. The SMILES string of the molecule is Cc1cc(C(N)=O)ccc1COC1CCCCCC1N. The molecule has 1 aromatic rings. The summed E-state index contributed by atoms with van der Waals surface area (Å²) in [7, 11) is 0. The van der Waals surface area contributed by atoms with E-state index in [4.69, 9.17) is 16.2 Å². The molecule has 0 spiro atoms. The molecule has 0 bridgehead atoms. The van der Waals surface area contributed by atoms with Crippen molar-refractivity contribution >= 4 is 5.91 Å². The van der Waals surface area contributed by atoms with Crippen molar-refractivity contribution in [3.8, 4) is 0 Å². The lowest BCUT2D eigenvalue weighted by Gasteiger charge is -2.22.